The molecule has 2 aliphatic rings. The van der Waals surface area contributed by atoms with Crippen LogP contribution in [0.1, 0.15) is 26.7 Å². The fourth-order valence-electron chi connectivity index (χ4n) is 3.61. The maximum absolute atomic E-state index is 12.6. The lowest BCUT2D eigenvalue weighted by Gasteiger charge is -2.35. The molecule has 1 aromatic rings. The van der Waals surface area contributed by atoms with Crippen molar-refractivity contribution in [2.45, 2.75) is 43.8 Å². The third-order valence-electron chi connectivity index (χ3n) is 4.95. The molecule has 3 rings (SSSR count). The number of nitrogens with zero attached hydrogens (tertiary/aromatic N) is 3. The summed E-state index contributed by atoms with van der Waals surface area (Å²) in [5.41, 5.74) is -0.484. The molecule has 0 radical (unpaired) electrons. The van der Waals surface area contributed by atoms with Crippen LogP contribution in [0.3, 0.4) is 0 Å². The van der Waals surface area contributed by atoms with Gasteiger partial charge in [-0.25, -0.2) is 8.42 Å². The number of sulfonamides is 1. The highest BCUT2D eigenvalue weighted by molar-refractivity contribution is 7.89. The van der Waals surface area contributed by atoms with Crippen LogP contribution in [0.25, 0.3) is 0 Å². The molecule has 0 saturated carbocycles. The van der Waals surface area contributed by atoms with Crippen LogP contribution in [-0.4, -0.2) is 73.4 Å². The molecule has 1 amide bonds. The van der Waals surface area contributed by atoms with Crippen LogP contribution < -0.4 is 4.74 Å². The first-order valence-corrected chi connectivity index (χ1v) is 11.0. The Balaban J connectivity index is 1.74. The number of hydrogen-bond acceptors (Lipinski definition) is 7. The zero-order chi connectivity index (χ0) is 21.2. The third kappa shape index (κ3) is 4.85. The number of hydrogen-bond donors (Lipinski definition) is 0. The molecule has 2 saturated heterocycles. The van der Waals surface area contributed by atoms with Crippen molar-refractivity contribution in [1.29, 1.82) is 0 Å². The minimum Gasteiger partial charge on any atom is -0.477 e. The second kappa shape index (κ2) is 8.64. The Labute approximate surface area is 169 Å². The Kier molecular flexibility index (Phi) is 6.39. The van der Waals surface area contributed by atoms with Gasteiger partial charge in [0, 0.05) is 32.2 Å². The summed E-state index contributed by atoms with van der Waals surface area (Å²) in [4.78, 5) is 24.6. The van der Waals surface area contributed by atoms with Crippen LogP contribution in [-0.2, 0) is 19.6 Å². The van der Waals surface area contributed by atoms with Crippen molar-refractivity contribution in [3.8, 4) is 5.75 Å². The van der Waals surface area contributed by atoms with E-state index >= 15 is 0 Å². The Morgan fingerprint density at radius 2 is 1.86 bits per heavy atom. The standard InChI is InChI=1S/C18H25N3O7S/c1-13-10-19(11-14(2)28-13)18(22)12-27-17-6-5-15(9-16(17)21(23)24)29(25,26)20-7-3-4-8-20/h5-6,9,13-14H,3-4,7-8,10-12H2,1-2H3. The lowest BCUT2D eigenvalue weighted by molar-refractivity contribution is -0.386. The van der Waals surface area contributed by atoms with E-state index in [1.807, 2.05) is 13.8 Å². The topological polar surface area (TPSA) is 119 Å². The molecule has 160 valence electrons. The van der Waals surface area contributed by atoms with Crippen molar-refractivity contribution >= 4 is 21.6 Å². The summed E-state index contributed by atoms with van der Waals surface area (Å²) in [5.74, 6) is -0.451. The summed E-state index contributed by atoms with van der Waals surface area (Å²) < 4.78 is 37.6. The second-order valence-electron chi connectivity index (χ2n) is 7.34. The second-order valence-corrected chi connectivity index (χ2v) is 9.28. The molecule has 2 unspecified atom stereocenters. The molecular formula is C18H25N3O7S. The largest absolute Gasteiger partial charge is 0.477 e. The zero-order valence-electron chi connectivity index (χ0n) is 16.4. The van der Waals surface area contributed by atoms with Crippen LogP contribution in [0.15, 0.2) is 23.1 Å². The first-order chi connectivity index (χ1) is 13.7. The smallest absolute Gasteiger partial charge is 0.312 e. The molecule has 0 aliphatic carbocycles. The van der Waals surface area contributed by atoms with Gasteiger partial charge in [-0.15, -0.1) is 0 Å². The monoisotopic (exact) mass is 427 g/mol. The molecule has 2 aliphatic heterocycles. The summed E-state index contributed by atoms with van der Waals surface area (Å²) in [6, 6.07) is 3.50. The normalized spacial score (nSPS) is 23.2. The van der Waals surface area contributed by atoms with Crippen LogP contribution in [0.2, 0.25) is 0 Å². The fraction of sp³-hybridized carbons (Fsp3) is 0.611. The van der Waals surface area contributed by atoms with Gasteiger partial charge in [0.05, 0.1) is 22.0 Å². The van der Waals surface area contributed by atoms with Crippen LogP contribution in [0, 0.1) is 10.1 Å². The van der Waals surface area contributed by atoms with Crippen molar-refractivity contribution in [2.24, 2.45) is 0 Å². The summed E-state index contributed by atoms with van der Waals surface area (Å²) in [5, 5.41) is 11.5. The van der Waals surface area contributed by atoms with E-state index in [1.54, 1.807) is 4.90 Å². The van der Waals surface area contributed by atoms with Crippen LogP contribution in [0.4, 0.5) is 5.69 Å². The predicted octanol–water partition coefficient (Wildman–Crippen LogP) is 1.39. The fourth-order valence-corrected chi connectivity index (χ4v) is 5.15. The van der Waals surface area contributed by atoms with Gasteiger partial charge < -0.3 is 14.4 Å². The summed E-state index contributed by atoms with van der Waals surface area (Å²) in [7, 11) is -3.79. The first-order valence-electron chi connectivity index (χ1n) is 9.53. The highest BCUT2D eigenvalue weighted by Crippen LogP contribution is 2.32. The van der Waals surface area contributed by atoms with Crippen LogP contribution in [0.5, 0.6) is 5.75 Å². The van der Waals surface area contributed by atoms with E-state index in [0.29, 0.717) is 26.2 Å². The number of carbonyl (C=O) groups is 1. The molecule has 2 fully saturated rings. The van der Waals surface area contributed by atoms with Crippen molar-refractivity contribution in [3.05, 3.63) is 28.3 Å². The van der Waals surface area contributed by atoms with Crippen molar-refractivity contribution in [2.75, 3.05) is 32.8 Å². The molecule has 2 atom stereocenters. The highest BCUT2D eigenvalue weighted by atomic mass is 32.2. The van der Waals surface area contributed by atoms with Gasteiger partial charge in [-0.1, -0.05) is 0 Å². The molecular weight excluding hydrogens is 402 g/mol. The van der Waals surface area contributed by atoms with Gasteiger partial charge >= 0.3 is 5.69 Å². The van der Waals surface area contributed by atoms with E-state index in [9.17, 15) is 23.3 Å². The van der Waals surface area contributed by atoms with Gasteiger partial charge in [0.15, 0.2) is 12.4 Å². The molecule has 2 heterocycles. The molecule has 0 bridgehead atoms. The van der Waals surface area contributed by atoms with Crippen LogP contribution >= 0.6 is 0 Å². The zero-order valence-corrected chi connectivity index (χ0v) is 17.3. The number of benzene rings is 1. The minimum atomic E-state index is -3.79. The van der Waals surface area contributed by atoms with Crippen molar-refractivity contribution in [3.63, 3.8) is 0 Å². The Morgan fingerprint density at radius 3 is 2.45 bits per heavy atom. The molecule has 29 heavy (non-hydrogen) atoms. The Bertz CT molecular complexity index is 873. The molecule has 11 heteroatoms. The quantitative estimate of drug-likeness (QED) is 0.497. The Morgan fingerprint density at radius 1 is 1.24 bits per heavy atom. The van der Waals surface area contributed by atoms with E-state index in [1.165, 1.54) is 16.4 Å². The minimum absolute atomic E-state index is 0.105. The molecule has 0 aromatic heterocycles. The lowest BCUT2D eigenvalue weighted by Crippen LogP contribution is -2.49. The number of nitro benzene ring substituents is 1. The lowest BCUT2D eigenvalue weighted by atomic mass is 10.2. The van der Waals surface area contributed by atoms with E-state index in [2.05, 4.69) is 0 Å². The van der Waals surface area contributed by atoms with E-state index in [0.717, 1.165) is 18.9 Å². The van der Waals surface area contributed by atoms with Gasteiger partial charge in [-0.2, -0.15) is 4.31 Å². The number of amides is 1. The van der Waals surface area contributed by atoms with E-state index in [4.69, 9.17) is 9.47 Å². The van der Waals surface area contributed by atoms with E-state index in [-0.39, 0.29) is 35.4 Å². The SMILES string of the molecule is CC1CN(C(=O)COc2ccc(S(=O)(=O)N3CCCC3)cc2[N+](=O)[O-])CC(C)O1. The summed E-state index contributed by atoms with van der Waals surface area (Å²) in [6.07, 6.45) is 1.33. The van der Waals surface area contributed by atoms with Gasteiger partial charge in [0.2, 0.25) is 10.0 Å². The van der Waals surface area contributed by atoms with E-state index < -0.39 is 20.6 Å². The van der Waals surface area contributed by atoms with Crippen molar-refractivity contribution < 1.29 is 27.6 Å². The maximum Gasteiger partial charge on any atom is 0.312 e. The number of rotatable bonds is 6. The third-order valence-corrected chi connectivity index (χ3v) is 6.85. The average Bonchev–Trinajstić information content (AvgIpc) is 3.20. The number of morpholine rings is 1. The molecule has 10 nitrogen and oxygen atoms in total. The predicted molar refractivity (Wildman–Crippen MR) is 103 cm³/mol. The highest BCUT2D eigenvalue weighted by Gasteiger charge is 2.31. The van der Waals surface area contributed by atoms with Crippen molar-refractivity contribution in [1.82, 2.24) is 9.21 Å². The molecule has 1 aromatic carbocycles. The summed E-state index contributed by atoms with van der Waals surface area (Å²) in [6.45, 7) is 4.99. The number of carbonyl (C=O) groups excluding carboxylic acids is 1. The van der Waals surface area contributed by atoms with Gasteiger partial charge in [0.25, 0.3) is 5.91 Å². The molecule has 0 N–H and O–H groups in total. The summed E-state index contributed by atoms with van der Waals surface area (Å²) >= 11 is 0. The van der Waals surface area contributed by atoms with Gasteiger partial charge in [-0.05, 0) is 38.8 Å². The molecule has 0 spiro atoms. The van der Waals surface area contributed by atoms with Gasteiger partial charge in [0.1, 0.15) is 0 Å². The number of nitro groups is 1. The first kappa shape index (κ1) is 21.5. The average molecular weight is 427 g/mol. The Hall–Kier alpha value is -2.24. The van der Waals surface area contributed by atoms with Gasteiger partial charge in [-0.3, -0.25) is 14.9 Å². The number of ether oxygens (including phenoxy) is 2. The maximum atomic E-state index is 12.6.